The van der Waals surface area contributed by atoms with Crippen LogP contribution in [0.15, 0.2) is 24.3 Å². The summed E-state index contributed by atoms with van der Waals surface area (Å²) in [6, 6.07) is 4.87. The SMILES string of the molecule is CC(C)NC(C(=O)O)c1ccccc1F. The van der Waals surface area contributed by atoms with Crippen molar-refractivity contribution in [1.82, 2.24) is 5.32 Å². The first-order valence-corrected chi connectivity index (χ1v) is 4.75. The Balaban J connectivity index is 2.99. The first-order valence-electron chi connectivity index (χ1n) is 4.75. The summed E-state index contributed by atoms with van der Waals surface area (Å²) in [6.45, 7) is 3.63. The highest BCUT2D eigenvalue weighted by atomic mass is 19.1. The average molecular weight is 211 g/mol. The third kappa shape index (κ3) is 3.02. The minimum absolute atomic E-state index is 0.0225. The van der Waals surface area contributed by atoms with E-state index in [4.69, 9.17) is 5.11 Å². The zero-order valence-electron chi connectivity index (χ0n) is 8.70. The maximum absolute atomic E-state index is 13.3. The quantitative estimate of drug-likeness (QED) is 0.800. The lowest BCUT2D eigenvalue weighted by atomic mass is 10.1. The van der Waals surface area contributed by atoms with Crippen molar-refractivity contribution in [2.75, 3.05) is 0 Å². The Morgan fingerprint density at radius 3 is 2.47 bits per heavy atom. The predicted octanol–water partition coefficient (Wildman–Crippen LogP) is 1.95. The second kappa shape index (κ2) is 4.89. The van der Waals surface area contributed by atoms with Crippen LogP contribution < -0.4 is 5.32 Å². The molecule has 0 saturated carbocycles. The fraction of sp³-hybridized carbons (Fsp3) is 0.364. The van der Waals surface area contributed by atoms with Crippen LogP contribution in [-0.4, -0.2) is 17.1 Å². The molecule has 0 bridgehead atoms. The second-order valence-electron chi connectivity index (χ2n) is 3.61. The maximum atomic E-state index is 13.3. The van der Waals surface area contributed by atoms with E-state index in [2.05, 4.69) is 5.32 Å². The minimum atomic E-state index is -1.08. The second-order valence-corrected chi connectivity index (χ2v) is 3.61. The van der Waals surface area contributed by atoms with Crippen molar-refractivity contribution in [2.45, 2.75) is 25.9 Å². The molecule has 15 heavy (non-hydrogen) atoms. The van der Waals surface area contributed by atoms with E-state index in [0.29, 0.717) is 0 Å². The van der Waals surface area contributed by atoms with Crippen molar-refractivity contribution in [3.8, 4) is 0 Å². The molecule has 1 unspecified atom stereocenters. The molecule has 0 aromatic heterocycles. The Morgan fingerprint density at radius 2 is 2.00 bits per heavy atom. The Hall–Kier alpha value is -1.42. The molecule has 82 valence electrons. The summed E-state index contributed by atoms with van der Waals surface area (Å²) >= 11 is 0. The van der Waals surface area contributed by atoms with Gasteiger partial charge in [-0.25, -0.2) is 4.39 Å². The van der Waals surface area contributed by atoms with Crippen LogP contribution >= 0.6 is 0 Å². The number of nitrogens with one attached hydrogen (secondary N) is 1. The van der Waals surface area contributed by atoms with Gasteiger partial charge in [0.25, 0.3) is 0 Å². The fourth-order valence-corrected chi connectivity index (χ4v) is 1.34. The van der Waals surface area contributed by atoms with E-state index in [1.165, 1.54) is 18.2 Å². The highest BCUT2D eigenvalue weighted by Crippen LogP contribution is 2.17. The van der Waals surface area contributed by atoms with E-state index in [9.17, 15) is 9.18 Å². The van der Waals surface area contributed by atoms with E-state index in [-0.39, 0.29) is 11.6 Å². The largest absolute Gasteiger partial charge is 0.480 e. The van der Waals surface area contributed by atoms with Crippen LogP contribution in [0.25, 0.3) is 0 Å². The van der Waals surface area contributed by atoms with Crippen molar-refractivity contribution in [2.24, 2.45) is 0 Å². The summed E-state index contributed by atoms with van der Waals surface area (Å²) in [4.78, 5) is 11.0. The molecule has 1 aromatic rings. The van der Waals surface area contributed by atoms with Crippen molar-refractivity contribution in [3.05, 3.63) is 35.6 Å². The first-order chi connectivity index (χ1) is 7.02. The zero-order valence-corrected chi connectivity index (χ0v) is 8.70. The molecule has 3 nitrogen and oxygen atoms in total. The Bertz CT molecular complexity index is 352. The number of hydrogen-bond acceptors (Lipinski definition) is 2. The van der Waals surface area contributed by atoms with Gasteiger partial charge in [0.2, 0.25) is 0 Å². The molecule has 0 aliphatic heterocycles. The third-order valence-electron chi connectivity index (χ3n) is 1.96. The molecular formula is C11H14FNO2. The molecule has 0 radical (unpaired) electrons. The summed E-state index contributed by atoms with van der Waals surface area (Å²) in [5, 5.41) is 11.8. The lowest BCUT2D eigenvalue weighted by molar-refractivity contribution is -0.139. The number of aliphatic carboxylic acids is 1. The maximum Gasteiger partial charge on any atom is 0.325 e. The predicted molar refractivity (Wildman–Crippen MR) is 55.0 cm³/mol. The zero-order chi connectivity index (χ0) is 11.4. The summed E-state index contributed by atoms with van der Waals surface area (Å²) in [6.07, 6.45) is 0. The molecule has 0 spiro atoms. The molecule has 0 heterocycles. The summed E-state index contributed by atoms with van der Waals surface area (Å²) in [5.41, 5.74) is 0.165. The number of carboxylic acids is 1. The molecule has 1 atom stereocenters. The molecule has 2 N–H and O–H groups in total. The summed E-state index contributed by atoms with van der Waals surface area (Å²) < 4.78 is 13.3. The van der Waals surface area contributed by atoms with Gasteiger partial charge in [0.05, 0.1) is 0 Å². The molecule has 0 saturated heterocycles. The Morgan fingerprint density at radius 1 is 1.40 bits per heavy atom. The van der Waals surface area contributed by atoms with Gasteiger partial charge in [-0.2, -0.15) is 0 Å². The van der Waals surface area contributed by atoms with Gasteiger partial charge >= 0.3 is 5.97 Å². The summed E-state index contributed by atoms with van der Waals surface area (Å²) in [5.74, 6) is -1.58. The van der Waals surface area contributed by atoms with Crippen molar-refractivity contribution in [1.29, 1.82) is 0 Å². The van der Waals surface area contributed by atoms with E-state index < -0.39 is 17.8 Å². The number of carbonyl (C=O) groups is 1. The molecular weight excluding hydrogens is 197 g/mol. The normalized spacial score (nSPS) is 12.8. The number of halogens is 1. The third-order valence-corrected chi connectivity index (χ3v) is 1.96. The van der Waals surface area contributed by atoms with Gasteiger partial charge in [-0.3, -0.25) is 10.1 Å². The van der Waals surface area contributed by atoms with Gasteiger partial charge in [0, 0.05) is 11.6 Å². The average Bonchev–Trinajstić information content (AvgIpc) is 2.15. The van der Waals surface area contributed by atoms with Crippen molar-refractivity contribution in [3.63, 3.8) is 0 Å². The lowest BCUT2D eigenvalue weighted by Crippen LogP contribution is -2.34. The van der Waals surface area contributed by atoms with Gasteiger partial charge in [-0.1, -0.05) is 18.2 Å². The van der Waals surface area contributed by atoms with Gasteiger partial charge in [-0.15, -0.1) is 0 Å². The van der Waals surface area contributed by atoms with Gasteiger partial charge in [0.1, 0.15) is 11.9 Å². The topological polar surface area (TPSA) is 49.3 Å². The van der Waals surface area contributed by atoms with Gasteiger partial charge in [-0.05, 0) is 19.9 Å². The number of benzene rings is 1. The van der Waals surface area contributed by atoms with Gasteiger partial charge in [0.15, 0.2) is 0 Å². The Kier molecular flexibility index (Phi) is 3.80. The molecule has 4 heteroatoms. The molecule has 1 rings (SSSR count). The van der Waals surface area contributed by atoms with E-state index in [1.54, 1.807) is 6.07 Å². The van der Waals surface area contributed by atoms with Crippen LogP contribution in [0.1, 0.15) is 25.5 Å². The van der Waals surface area contributed by atoms with Crippen LogP contribution in [0.4, 0.5) is 4.39 Å². The molecule has 0 aliphatic carbocycles. The van der Waals surface area contributed by atoms with Crippen LogP contribution in [0.5, 0.6) is 0 Å². The first kappa shape index (κ1) is 11.7. The molecule has 1 aromatic carbocycles. The van der Waals surface area contributed by atoms with Crippen molar-refractivity contribution < 1.29 is 14.3 Å². The molecule has 0 amide bonds. The fourth-order valence-electron chi connectivity index (χ4n) is 1.34. The number of rotatable bonds is 4. The van der Waals surface area contributed by atoms with E-state index in [0.717, 1.165) is 0 Å². The van der Waals surface area contributed by atoms with E-state index in [1.807, 2.05) is 13.8 Å². The van der Waals surface area contributed by atoms with Crippen LogP contribution in [0.3, 0.4) is 0 Å². The van der Waals surface area contributed by atoms with Crippen LogP contribution in [0, 0.1) is 5.82 Å². The Labute approximate surface area is 87.9 Å². The molecule has 0 aliphatic rings. The smallest absolute Gasteiger partial charge is 0.325 e. The highest BCUT2D eigenvalue weighted by molar-refractivity contribution is 5.75. The van der Waals surface area contributed by atoms with E-state index >= 15 is 0 Å². The monoisotopic (exact) mass is 211 g/mol. The minimum Gasteiger partial charge on any atom is -0.480 e. The summed E-state index contributed by atoms with van der Waals surface area (Å²) in [7, 11) is 0. The standard InChI is InChI=1S/C11H14FNO2/c1-7(2)13-10(11(14)15)8-5-3-4-6-9(8)12/h3-7,10,13H,1-2H3,(H,14,15). The number of hydrogen-bond donors (Lipinski definition) is 2. The van der Waals surface area contributed by atoms with Crippen LogP contribution in [-0.2, 0) is 4.79 Å². The lowest BCUT2D eigenvalue weighted by Gasteiger charge is -2.17. The van der Waals surface area contributed by atoms with Crippen LogP contribution in [0.2, 0.25) is 0 Å². The highest BCUT2D eigenvalue weighted by Gasteiger charge is 2.22. The number of carboxylic acid groups (broad SMARTS) is 1. The van der Waals surface area contributed by atoms with Gasteiger partial charge < -0.3 is 5.11 Å². The molecule has 0 fully saturated rings. The van der Waals surface area contributed by atoms with Crippen molar-refractivity contribution >= 4 is 5.97 Å².